The van der Waals surface area contributed by atoms with Crippen molar-refractivity contribution < 1.29 is 5.11 Å². The van der Waals surface area contributed by atoms with E-state index < -0.39 is 0 Å². The molecule has 2 N–H and O–H groups in total. The van der Waals surface area contributed by atoms with Crippen molar-refractivity contribution in [2.24, 2.45) is 7.05 Å². The minimum atomic E-state index is 0.251. The Morgan fingerprint density at radius 3 is 3.25 bits per heavy atom. The van der Waals surface area contributed by atoms with E-state index in [-0.39, 0.29) is 6.61 Å². The smallest absolute Gasteiger partial charge is 0.0540 e. The van der Waals surface area contributed by atoms with Gasteiger partial charge in [0.05, 0.1) is 6.20 Å². The highest BCUT2D eigenvalue weighted by molar-refractivity contribution is 5.24. The number of nitrogens with zero attached hydrogens (tertiary/aromatic N) is 2. The summed E-state index contributed by atoms with van der Waals surface area (Å²) < 4.78 is 1.99. The van der Waals surface area contributed by atoms with Gasteiger partial charge < -0.3 is 10.4 Å². The van der Waals surface area contributed by atoms with Gasteiger partial charge in [0.2, 0.25) is 0 Å². The molecule has 0 amide bonds. The molecule has 1 aromatic rings. The maximum absolute atomic E-state index is 8.91. The number of fused-ring (bicyclic) bond motifs is 1. The van der Waals surface area contributed by atoms with Crippen LogP contribution in [-0.2, 0) is 13.5 Å². The fourth-order valence-electron chi connectivity index (χ4n) is 2.50. The zero-order chi connectivity index (χ0) is 11.5. The molecule has 0 bridgehead atoms. The summed E-state index contributed by atoms with van der Waals surface area (Å²) in [4.78, 5) is 0. The molecule has 0 radical (unpaired) electrons. The van der Waals surface area contributed by atoms with E-state index in [0.29, 0.717) is 12.1 Å². The van der Waals surface area contributed by atoms with Crippen LogP contribution in [0, 0.1) is 0 Å². The van der Waals surface area contributed by atoms with Gasteiger partial charge in [0.1, 0.15) is 0 Å². The van der Waals surface area contributed by atoms with Crippen molar-refractivity contribution in [3.05, 3.63) is 17.5 Å². The molecular formula is C12H21N3O. The molecule has 2 atom stereocenters. The first-order chi connectivity index (χ1) is 7.72. The molecular weight excluding hydrogens is 202 g/mol. The van der Waals surface area contributed by atoms with Crippen LogP contribution in [0.5, 0.6) is 0 Å². The van der Waals surface area contributed by atoms with Crippen LogP contribution in [0.15, 0.2) is 6.20 Å². The zero-order valence-corrected chi connectivity index (χ0v) is 10.1. The zero-order valence-electron chi connectivity index (χ0n) is 10.1. The summed E-state index contributed by atoms with van der Waals surface area (Å²) in [5.74, 6) is 0. The lowest BCUT2D eigenvalue weighted by Gasteiger charge is -2.27. The number of hydrogen-bond donors (Lipinski definition) is 2. The summed E-state index contributed by atoms with van der Waals surface area (Å²) in [6.45, 7) is 2.38. The number of aryl methyl sites for hydroxylation is 1. The van der Waals surface area contributed by atoms with E-state index in [0.717, 1.165) is 12.8 Å². The van der Waals surface area contributed by atoms with Crippen LogP contribution in [0.2, 0.25) is 0 Å². The SMILES string of the molecule is C[C@H](CCO)NC1CCCc2c1cnn2C. The molecule has 1 unspecified atom stereocenters. The predicted octanol–water partition coefficient (Wildman–Crippen LogP) is 1.16. The number of aliphatic hydroxyl groups excluding tert-OH is 1. The molecule has 0 fully saturated rings. The van der Waals surface area contributed by atoms with Gasteiger partial charge in [-0.3, -0.25) is 4.68 Å². The van der Waals surface area contributed by atoms with Crippen molar-refractivity contribution in [2.45, 2.75) is 44.7 Å². The third-order valence-corrected chi connectivity index (χ3v) is 3.42. The van der Waals surface area contributed by atoms with Gasteiger partial charge in [0, 0.05) is 37.0 Å². The van der Waals surface area contributed by atoms with Crippen molar-refractivity contribution >= 4 is 0 Å². The summed E-state index contributed by atoms with van der Waals surface area (Å²) in [6.07, 6.45) is 6.33. The summed E-state index contributed by atoms with van der Waals surface area (Å²) >= 11 is 0. The summed E-state index contributed by atoms with van der Waals surface area (Å²) in [5, 5.41) is 16.8. The van der Waals surface area contributed by atoms with Crippen LogP contribution in [0.4, 0.5) is 0 Å². The standard InChI is InChI=1S/C12H21N3O/c1-9(6-7-16)14-11-4-3-5-12-10(11)8-13-15(12)2/h8-9,11,14,16H,3-7H2,1-2H3/t9-,11?/m1/s1. The van der Waals surface area contributed by atoms with Crippen LogP contribution in [0.3, 0.4) is 0 Å². The quantitative estimate of drug-likeness (QED) is 0.805. The molecule has 1 heterocycles. The highest BCUT2D eigenvalue weighted by Crippen LogP contribution is 2.29. The molecule has 4 heteroatoms. The Labute approximate surface area is 96.7 Å². The van der Waals surface area contributed by atoms with Crippen molar-refractivity contribution in [3.8, 4) is 0 Å². The van der Waals surface area contributed by atoms with Crippen molar-refractivity contribution in [2.75, 3.05) is 6.61 Å². The van der Waals surface area contributed by atoms with Crippen LogP contribution in [0.1, 0.15) is 43.5 Å². The number of nitrogens with one attached hydrogen (secondary N) is 1. The Hall–Kier alpha value is -0.870. The topological polar surface area (TPSA) is 50.1 Å². The van der Waals surface area contributed by atoms with E-state index in [2.05, 4.69) is 17.3 Å². The second-order valence-electron chi connectivity index (χ2n) is 4.70. The number of aromatic nitrogens is 2. The lowest BCUT2D eigenvalue weighted by Crippen LogP contribution is -2.33. The fraction of sp³-hybridized carbons (Fsp3) is 0.750. The number of rotatable bonds is 4. The number of hydrogen-bond acceptors (Lipinski definition) is 3. The molecule has 0 saturated carbocycles. The maximum Gasteiger partial charge on any atom is 0.0540 e. The molecule has 1 aromatic heterocycles. The van der Waals surface area contributed by atoms with E-state index >= 15 is 0 Å². The van der Waals surface area contributed by atoms with Crippen molar-refractivity contribution in [1.82, 2.24) is 15.1 Å². The Kier molecular flexibility index (Phi) is 3.61. The first-order valence-corrected chi connectivity index (χ1v) is 6.10. The Balaban J connectivity index is 2.07. The van der Waals surface area contributed by atoms with Crippen molar-refractivity contribution in [1.29, 1.82) is 0 Å². The molecule has 0 aliphatic heterocycles. The van der Waals surface area contributed by atoms with Crippen LogP contribution in [-0.4, -0.2) is 27.5 Å². The molecule has 0 saturated heterocycles. The van der Waals surface area contributed by atoms with Crippen LogP contribution >= 0.6 is 0 Å². The first-order valence-electron chi connectivity index (χ1n) is 6.10. The van der Waals surface area contributed by atoms with E-state index in [4.69, 9.17) is 5.11 Å². The van der Waals surface area contributed by atoms with E-state index in [1.807, 2.05) is 17.9 Å². The Bertz CT molecular complexity index is 348. The Morgan fingerprint density at radius 1 is 1.69 bits per heavy atom. The molecule has 0 aromatic carbocycles. The van der Waals surface area contributed by atoms with E-state index in [1.165, 1.54) is 24.1 Å². The third kappa shape index (κ3) is 2.28. The monoisotopic (exact) mass is 223 g/mol. The second kappa shape index (κ2) is 4.97. The van der Waals surface area contributed by atoms with Gasteiger partial charge in [-0.1, -0.05) is 0 Å². The summed E-state index contributed by atoms with van der Waals surface area (Å²) in [5.41, 5.74) is 2.71. The van der Waals surface area contributed by atoms with Gasteiger partial charge in [-0.05, 0) is 32.6 Å². The van der Waals surface area contributed by atoms with Gasteiger partial charge in [0.15, 0.2) is 0 Å². The molecule has 90 valence electrons. The first kappa shape index (κ1) is 11.6. The predicted molar refractivity (Wildman–Crippen MR) is 63.2 cm³/mol. The molecule has 4 nitrogen and oxygen atoms in total. The molecule has 2 rings (SSSR count). The minimum Gasteiger partial charge on any atom is -0.396 e. The molecule has 1 aliphatic carbocycles. The van der Waals surface area contributed by atoms with Crippen LogP contribution in [0.25, 0.3) is 0 Å². The van der Waals surface area contributed by atoms with Crippen LogP contribution < -0.4 is 5.32 Å². The average molecular weight is 223 g/mol. The lowest BCUT2D eigenvalue weighted by atomic mass is 9.92. The average Bonchev–Trinajstić information content (AvgIpc) is 2.62. The normalized spacial score (nSPS) is 21.8. The highest BCUT2D eigenvalue weighted by Gasteiger charge is 2.23. The maximum atomic E-state index is 8.91. The fourth-order valence-corrected chi connectivity index (χ4v) is 2.50. The summed E-state index contributed by atoms with van der Waals surface area (Å²) in [6, 6.07) is 0.778. The van der Waals surface area contributed by atoms with E-state index in [1.54, 1.807) is 0 Å². The largest absolute Gasteiger partial charge is 0.396 e. The van der Waals surface area contributed by atoms with Gasteiger partial charge in [0.25, 0.3) is 0 Å². The van der Waals surface area contributed by atoms with Gasteiger partial charge in [-0.25, -0.2) is 0 Å². The van der Waals surface area contributed by atoms with Gasteiger partial charge >= 0.3 is 0 Å². The molecule has 16 heavy (non-hydrogen) atoms. The second-order valence-corrected chi connectivity index (χ2v) is 4.70. The van der Waals surface area contributed by atoms with Gasteiger partial charge in [-0.15, -0.1) is 0 Å². The third-order valence-electron chi connectivity index (χ3n) is 3.42. The number of aliphatic hydroxyl groups is 1. The van der Waals surface area contributed by atoms with E-state index in [9.17, 15) is 0 Å². The highest BCUT2D eigenvalue weighted by atomic mass is 16.3. The van der Waals surface area contributed by atoms with Gasteiger partial charge in [-0.2, -0.15) is 5.10 Å². The molecule has 0 spiro atoms. The van der Waals surface area contributed by atoms with Crippen molar-refractivity contribution in [3.63, 3.8) is 0 Å². The lowest BCUT2D eigenvalue weighted by molar-refractivity contribution is 0.260. The Morgan fingerprint density at radius 2 is 2.50 bits per heavy atom. The minimum absolute atomic E-state index is 0.251. The summed E-state index contributed by atoms with van der Waals surface area (Å²) in [7, 11) is 2.01. The molecule has 1 aliphatic rings.